The van der Waals surface area contributed by atoms with Gasteiger partial charge in [0.05, 0.1) is 12.6 Å². The predicted molar refractivity (Wildman–Crippen MR) is 94.4 cm³/mol. The molecule has 0 radical (unpaired) electrons. The Morgan fingerprint density at radius 1 is 1.39 bits per heavy atom. The van der Waals surface area contributed by atoms with Crippen molar-refractivity contribution in [2.45, 2.75) is 51.0 Å². The van der Waals surface area contributed by atoms with Crippen LogP contribution in [0.15, 0.2) is 16.6 Å². The van der Waals surface area contributed by atoms with Gasteiger partial charge in [0, 0.05) is 16.7 Å². The molecule has 1 fully saturated rings. The first kappa shape index (κ1) is 16.3. The maximum absolute atomic E-state index is 12.5. The summed E-state index contributed by atoms with van der Waals surface area (Å²) in [5.74, 6) is -0.0383. The van der Waals surface area contributed by atoms with E-state index in [1.165, 1.54) is 16.8 Å². The Balaban J connectivity index is 1.75. The SMILES string of the molecule is Cc1cc(Br)cc2c1N(CC(=O)NC1(C#N)CCCC1)CCC2. The Hall–Kier alpha value is -1.54. The molecule has 4 nitrogen and oxygen atoms in total. The molecular weight excluding hydrogens is 354 g/mol. The molecule has 1 amide bonds. The van der Waals surface area contributed by atoms with Crippen LogP contribution in [-0.2, 0) is 11.2 Å². The van der Waals surface area contributed by atoms with E-state index in [9.17, 15) is 10.1 Å². The van der Waals surface area contributed by atoms with E-state index in [-0.39, 0.29) is 5.91 Å². The summed E-state index contributed by atoms with van der Waals surface area (Å²) < 4.78 is 1.09. The third-order valence-electron chi connectivity index (χ3n) is 4.92. The fourth-order valence-corrected chi connectivity index (χ4v) is 4.52. The van der Waals surface area contributed by atoms with Gasteiger partial charge in [-0.25, -0.2) is 0 Å². The molecule has 2 aliphatic rings. The smallest absolute Gasteiger partial charge is 0.240 e. The summed E-state index contributed by atoms with van der Waals surface area (Å²) in [5, 5.41) is 12.4. The molecule has 1 saturated carbocycles. The highest BCUT2D eigenvalue weighted by molar-refractivity contribution is 9.10. The van der Waals surface area contributed by atoms with Gasteiger partial charge in [-0.15, -0.1) is 0 Å². The molecule has 0 atom stereocenters. The number of halogens is 1. The van der Waals surface area contributed by atoms with E-state index in [1.807, 2.05) is 0 Å². The molecular formula is C18H22BrN3O. The van der Waals surface area contributed by atoms with E-state index >= 15 is 0 Å². The summed E-state index contributed by atoms with van der Waals surface area (Å²) in [6.07, 6.45) is 5.70. The lowest BCUT2D eigenvalue weighted by molar-refractivity contribution is -0.121. The minimum absolute atomic E-state index is 0.0383. The van der Waals surface area contributed by atoms with Crippen LogP contribution >= 0.6 is 15.9 Å². The summed E-state index contributed by atoms with van der Waals surface area (Å²) in [5.41, 5.74) is 3.04. The minimum Gasteiger partial charge on any atom is -0.362 e. The lowest BCUT2D eigenvalue weighted by atomic mass is 9.97. The number of anilines is 1. The number of nitrogens with one attached hydrogen (secondary N) is 1. The number of nitriles is 1. The summed E-state index contributed by atoms with van der Waals surface area (Å²) in [6, 6.07) is 6.58. The Morgan fingerprint density at radius 2 is 2.13 bits per heavy atom. The average molecular weight is 376 g/mol. The van der Waals surface area contributed by atoms with Gasteiger partial charge in [0.15, 0.2) is 0 Å². The van der Waals surface area contributed by atoms with Crippen molar-refractivity contribution >= 4 is 27.5 Å². The number of rotatable bonds is 3. The van der Waals surface area contributed by atoms with E-state index < -0.39 is 5.54 Å². The van der Waals surface area contributed by atoms with Crippen molar-refractivity contribution in [1.82, 2.24) is 5.32 Å². The molecule has 5 heteroatoms. The Bertz CT molecular complexity index is 659. The number of benzene rings is 1. The molecule has 0 bridgehead atoms. The molecule has 1 aromatic carbocycles. The van der Waals surface area contributed by atoms with Crippen LogP contribution in [-0.4, -0.2) is 24.5 Å². The van der Waals surface area contributed by atoms with Crippen molar-refractivity contribution in [2.75, 3.05) is 18.0 Å². The maximum atomic E-state index is 12.5. The molecule has 0 aromatic heterocycles. The van der Waals surface area contributed by atoms with Crippen molar-refractivity contribution in [3.63, 3.8) is 0 Å². The standard InChI is InChI=1S/C18H22BrN3O/c1-13-9-15(19)10-14-5-4-8-22(17(13)14)11-16(23)21-18(12-20)6-2-3-7-18/h9-10H,2-8,11H2,1H3,(H,21,23). The van der Waals surface area contributed by atoms with Crippen LogP contribution in [0.25, 0.3) is 0 Å². The summed E-state index contributed by atoms with van der Waals surface area (Å²) >= 11 is 3.55. The Kier molecular flexibility index (Phi) is 4.63. The fourth-order valence-electron chi connectivity index (χ4n) is 3.90. The van der Waals surface area contributed by atoms with Gasteiger partial charge in [0.1, 0.15) is 5.54 Å². The third kappa shape index (κ3) is 3.37. The van der Waals surface area contributed by atoms with Gasteiger partial charge in [-0.05, 0) is 68.7 Å². The van der Waals surface area contributed by atoms with E-state index in [0.717, 1.165) is 49.5 Å². The molecule has 122 valence electrons. The van der Waals surface area contributed by atoms with Crippen molar-refractivity contribution in [3.8, 4) is 6.07 Å². The van der Waals surface area contributed by atoms with Crippen LogP contribution in [0.5, 0.6) is 0 Å². The van der Waals surface area contributed by atoms with E-state index in [2.05, 4.69) is 51.3 Å². The molecule has 0 saturated heterocycles. The van der Waals surface area contributed by atoms with Crippen molar-refractivity contribution in [2.24, 2.45) is 0 Å². The minimum atomic E-state index is -0.634. The number of carbonyl (C=O) groups excluding carboxylic acids is 1. The molecule has 23 heavy (non-hydrogen) atoms. The molecule has 1 aromatic rings. The third-order valence-corrected chi connectivity index (χ3v) is 5.38. The number of nitrogens with zero attached hydrogens (tertiary/aromatic N) is 2. The number of hydrogen-bond donors (Lipinski definition) is 1. The zero-order valence-electron chi connectivity index (χ0n) is 13.5. The van der Waals surface area contributed by atoms with Crippen molar-refractivity contribution in [1.29, 1.82) is 5.26 Å². The first-order valence-electron chi connectivity index (χ1n) is 8.29. The number of aryl methyl sites for hydroxylation is 2. The number of hydrogen-bond acceptors (Lipinski definition) is 3. The van der Waals surface area contributed by atoms with E-state index in [1.54, 1.807) is 0 Å². The molecule has 1 N–H and O–H groups in total. The first-order valence-corrected chi connectivity index (χ1v) is 9.08. The summed E-state index contributed by atoms with van der Waals surface area (Å²) in [6.45, 7) is 3.31. The van der Waals surface area contributed by atoms with Crippen LogP contribution in [0, 0.1) is 18.3 Å². The number of carbonyl (C=O) groups is 1. The van der Waals surface area contributed by atoms with Crippen molar-refractivity contribution in [3.05, 3.63) is 27.7 Å². The van der Waals surface area contributed by atoms with Gasteiger partial charge >= 0.3 is 0 Å². The fraction of sp³-hybridized carbons (Fsp3) is 0.556. The van der Waals surface area contributed by atoms with E-state index in [4.69, 9.17) is 0 Å². The second kappa shape index (κ2) is 6.52. The molecule has 0 unspecified atom stereocenters. The highest BCUT2D eigenvalue weighted by atomic mass is 79.9. The van der Waals surface area contributed by atoms with E-state index in [0.29, 0.717) is 6.54 Å². The van der Waals surface area contributed by atoms with Gasteiger partial charge in [0.25, 0.3) is 0 Å². The quantitative estimate of drug-likeness (QED) is 0.879. The molecule has 1 heterocycles. The monoisotopic (exact) mass is 375 g/mol. The molecule has 1 aliphatic heterocycles. The van der Waals surface area contributed by atoms with Crippen LogP contribution in [0.3, 0.4) is 0 Å². The lowest BCUT2D eigenvalue weighted by Crippen LogP contribution is -2.49. The highest BCUT2D eigenvalue weighted by Gasteiger charge is 2.35. The van der Waals surface area contributed by atoms with Crippen LogP contribution in [0.1, 0.15) is 43.2 Å². The second-order valence-electron chi connectivity index (χ2n) is 6.70. The predicted octanol–water partition coefficient (Wildman–Crippen LogP) is 3.46. The van der Waals surface area contributed by atoms with Gasteiger partial charge in [-0.2, -0.15) is 5.26 Å². The van der Waals surface area contributed by atoms with Gasteiger partial charge in [0.2, 0.25) is 5.91 Å². The molecule has 3 rings (SSSR count). The zero-order chi connectivity index (χ0) is 16.4. The lowest BCUT2D eigenvalue weighted by Gasteiger charge is -2.33. The van der Waals surface area contributed by atoms with Crippen LogP contribution < -0.4 is 10.2 Å². The van der Waals surface area contributed by atoms with Gasteiger partial charge in [-0.3, -0.25) is 4.79 Å². The zero-order valence-corrected chi connectivity index (χ0v) is 15.1. The average Bonchev–Trinajstić information content (AvgIpc) is 2.95. The van der Waals surface area contributed by atoms with Crippen LogP contribution in [0.4, 0.5) is 5.69 Å². The Labute approximate surface area is 146 Å². The summed E-state index contributed by atoms with van der Waals surface area (Å²) in [4.78, 5) is 14.7. The van der Waals surface area contributed by atoms with Crippen molar-refractivity contribution < 1.29 is 4.79 Å². The highest BCUT2D eigenvalue weighted by Crippen LogP contribution is 2.33. The van der Waals surface area contributed by atoms with Crippen LogP contribution in [0.2, 0.25) is 0 Å². The largest absolute Gasteiger partial charge is 0.362 e. The van der Waals surface area contributed by atoms with Gasteiger partial charge in [-0.1, -0.05) is 15.9 Å². The number of amides is 1. The molecule has 0 spiro atoms. The second-order valence-corrected chi connectivity index (χ2v) is 7.62. The topological polar surface area (TPSA) is 56.1 Å². The number of fused-ring (bicyclic) bond motifs is 1. The molecule has 1 aliphatic carbocycles. The first-order chi connectivity index (χ1) is 11.0. The summed E-state index contributed by atoms with van der Waals surface area (Å²) in [7, 11) is 0. The normalized spacial score (nSPS) is 19.1. The maximum Gasteiger partial charge on any atom is 0.240 e. The van der Waals surface area contributed by atoms with Gasteiger partial charge < -0.3 is 10.2 Å². The Morgan fingerprint density at radius 3 is 2.83 bits per heavy atom.